The summed E-state index contributed by atoms with van der Waals surface area (Å²) in [6, 6.07) is 8.49. The molecule has 0 saturated carbocycles. The second-order valence-electron chi connectivity index (χ2n) is 9.44. The van der Waals surface area contributed by atoms with Gasteiger partial charge in [-0.1, -0.05) is 0 Å². The fourth-order valence-electron chi connectivity index (χ4n) is 4.57. The molecule has 2 unspecified atom stereocenters. The normalized spacial score (nSPS) is 23.4. The van der Waals surface area contributed by atoms with Crippen LogP contribution in [-0.2, 0) is 20.0 Å². The number of rotatable bonds is 6. The minimum atomic E-state index is -3.26. The Kier molecular flexibility index (Phi) is 8.26. The molecule has 0 bridgehead atoms. The van der Waals surface area contributed by atoms with Gasteiger partial charge < -0.3 is 14.5 Å². The van der Waals surface area contributed by atoms with E-state index >= 15 is 8.78 Å². The monoisotopic (exact) mass is 805 g/mol. The van der Waals surface area contributed by atoms with Gasteiger partial charge in [0.15, 0.2) is 0 Å². The van der Waals surface area contributed by atoms with Gasteiger partial charge in [-0.25, -0.2) is 0 Å². The van der Waals surface area contributed by atoms with Gasteiger partial charge in [-0.05, 0) is 5.16 Å². The van der Waals surface area contributed by atoms with Crippen LogP contribution in [0.1, 0.15) is 46.3 Å². The molecule has 0 spiro atoms. The van der Waals surface area contributed by atoms with Crippen LogP contribution in [0.25, 0.3) is 0 Å². The van der Waals surface area contributed by atoms with Gasteiger partial charge in [0.05, 0.1) is 13.5 Å². The molecule has 0 radical (unpaired) electrons. The van der Waals surface area contributed by atoms with Crippen LogP contribution in [0.4, 0.5) is 8.78 Å². The van der Waals surface area contributed by atoms with E-state index in [0.29, 0.717) is 45.3 Å². The average molecular weight is 806 g/mol. The topological polar surface area (TPSA) is 72.7 Å². The van der Waals surface area contributed by atoms with Crippen molar-refractivity contribution in [3.63, 3.8) is 0 Å². The van der Waals surface area contributed by atoms with Crippen molar-refractivity contribution < 1.29 is 28.0 Å². The molecule has 1 amide bonds. The van der Waals surface area contributed by atoms with E-state index < -0.39 is 35.6 Å². The van der Waals surface area contributed by atoms with Crippen molar-refractivity contribution in [2.45, 2.75) is 41.9 Å². The number of oxime groups is 2. The number of ether oxygens (including phenoxy) is 1. The van der Waals surface area contributed by atoms with Crippen molar-refractivity contribution in [2.75, 3.05) is 23.0 Å². The smallest absolute Gasteiger partial charge is 0.0860 e. The second-order valence-corrected chi connectivity index (χ2v) is 17.5. The van der Waals surface area contributed by atoms with Gasteiger partial charge in [0.25, 0.3) is 0 Å². The van der Waals surface area contributed by atoms with Gasteiger partial charge in [-0.3, -0.25) is 4.79 Å². The Morgan fingerprint density at radius 2 is 2.00 bits per heavy atom. The molecule has 0 aromatic heterocycles. The first-order valence-electron chi connectivity index (χ1n) is 12.0. The van der Waals surface area contributed by atoms with Crippen molar-refractivity contribution in [2.24, 2.45) is 10.3 Å². The summed E-state index contributed by atoms with van der Waals surface area (Å²) >= 11 is 12.5. The van der Waals surface area contributed by atoms with Gasteiger partial charge in [0, 0.05) is 7.05 Å². The van der Waals surface area contributed by atoms with Crippen LogP contribution in [0.3, 0.4) is 0 Å². The number of benzene rings is 2. The van der Waals surface area contributed by atoms with Gasteiger partial charge in [-0.2, -0.15) is 0 Å². The molecule has 3 heterocycles. The molecule has 5 rings (SSSR count). The summed E-state index contributed by atoms with van der Waals surface area (Å²) in [6.45, 7) is 1.81. The molecular weight excluding hydrogens is 781 g/mol. The molecule has 1 fully saturated rings. The molecule has 13 heteroatoms. The van der Waals surface area contributed by atoms with Crippen LogP contribution < -0.4 is 0 Å². The van der Waals surface area contributed by atoms with Crippen LogP contribution in [0.15, 0.2) is 40.6 Å². The van der Waals surface area contributed by atoms with Crippen molar-refractivity contribution in [1.29, 1.82) is 0 Å². The molecule has 2 aromatic rings. The van der Waals surface area contributed by atoms with Crippen molar-refractivity contribution in [1.82, 2.24) is 4.90 Å². The first-order chi connectivity index (χ1) is 18.4. The van der Waals surface area contributed by atoms with Gasteiger partial charge in [0.1, 0.15) is 0 Å². The first-order valence-corrected chi connectivity index (χ1v) is 18.0. The summed E-state index contributed by atoms with van der Waals surface area (Å²) in [4.78, 5) is 25.6. The summed E-state index contributed by atoms with van der Waals surface area (Å²) in [5.74, 6) is 0.180. The van der Waals surface area contributed by atoms with E-state index in [1.54, 1.807) is 25.2 Å². The zero-order chi connectivity index (χ0) is 28.1. The number of carbonyl (C=O) groups excluding carboxylic acids is 1. The van der Waals surface area contributed by atoms with E-state index in [2.05, 4.69) is 10.3 Å². The third-order valence-corrected chi connectivity index (χ3v) is 13.6. The zero-order valence-electron chi connectivity index (χ0n) is 21.2. The minimum Gasteiger partial charge on any atom is 0.0860 e. The zero-order valence-corrected chi connectivity index (χ0v) is 27.1. The Morgan fingerprint density at radius 1 is 1.26 bits per heavy atom. The molecule has 210 valence electrons. The molecule has 39 heavy (non-hydrogen) atoms. The maximum absolute atomic E-state index is 15.2. The number of halogens is 6. The maximum atomic E-state index is 15.2. The summed E-state index contributed by atoms with van der Waals surface area (Å²) in [6.07, 6.45) is 0.0410. The maximum Gasteiger partial charge on any atom is 0.0860 e. The summed E-state index contributed by atoms with van der Waals surface area (Å²) in [5, 5.41) is 8.74. The standard InChI is InChI=1S/C26H25Cl2F2I2N3O4/c1-14-10-15(4-5-17(14)24(36)35(2)22-13-21(37-3)34-38-22)20-6-7-25(39-33-20,26(29,30)31)16-11-18(27)23(28)19(12-16)32-8-9-32/h4-5,10-12,22H,6-9,13H2,1-3H3. The third-order valence-electron chi connectivity index (χ3n) is 7.00. The van der Waals surface area contributed by atoms with Crippen molar-refractivity contribution in [3.05, 3.63) is 66.2 Å². The fourth-order valence-corrected chi connectivity index (χ4v) is 10.9. The van der Waals surface area contributed by atoms with Crippen molar-refractivity contribution >= 4 is 83.1 Å². The number of nitrogens with zero attached hydrogens (tertiary/aromatic N) is 3. The summed E-state index contributed by atoms with van der Waals surface area (Å²) in [5.41, 5.74) is 0.739. The van der Waals surface area contributed by atoms with Crippen molar-refractivity contribution in [3.8, 4) is 0 Å². The van der Waals surface area contributed by atoms with Gasteiger partial charge in [0.2, 0.25) is 12.1 Å². The SMILES string of the molecule is COC1=NOC(N(C)C(=O)c2ccc(C3=NOC(c4cc(Cl)c(Cl)c(I5CC5)c4)(C(F)(F)I)CC3)cc2C)C1. The van der Waals surface area contributed by atoms with E-state index in [1.165, 1.54) is 18.1 Å². The molecule has 2 atom stereocenters. The molecule has 7 nitrogen and oxygen atoms in total. The van der Waals surface area contributed by atoms with E-state index in [9.17, 15) is 4.79 Å². The number of hydrogen-bond acceptors (Lipinski definition) is 6. The molecule has 3 aliphatic rings. The predicted molar refractivity (Wildman–Crippen MR) is 164 cm³/mol. The van der Waals surface area contributed by atoms with E-state index in [-0.39, 0.29) is 23.8 Å². The largest absolute Gasteiger partial charge is 0.0860 e. The van der Waals surface area contributed by atoms with Crippen LogP contribution in [0.2, 0.25) is 10.0 Å². The number of alkyl halides is 5. The van der Waals surface area contributed by atoms with E-state index in [0.717, 1.165) is 35.0 Å². The molecule has 1 saturated heterocycles. The Hall–Kier alpha value is -1.45. The molecular formula is C26H25Cl2F2I2N3O4. The summed E-state index contributed by atoms with van der Waals surface area (Å²) < 4.78 is 35.3. The van der Waals surface area contributed by atoms with Gasteiger partial charge in [-0.15, -0.1) is 0 Å². The number of amides is 1. The number of carbonyl (C=O) groups is 1. The quantitative estimate of drug-likeness (QED) is 0.176. The predicted octanol–water partition coefficient (Wildman–Crippen LogP) is 7.21. The van der Waals surface area contributed by atoms with E-state index in [4.69, 9.17) is 37.6 Å². The third kappa shape index (κ3) is 5.56. The Balaban J connectivity index is 1.39. The van der Waals surface area contributed by atoms with E-state index in [1.807, 2.05) is 13.0 Å². The average Bonchev–Trinajstić information content (AvgIpc) is 3.64. The second kappa shape index (κ2) is 11.1. The Labute approximate surface area is 255 Å². The number of hydrogen-bond donors (Lipinski definition) is 0. The molecule has 3 aliphatic heterocycles. The number of aryl methyl sites for hydroxylation is 1. The summed E-state index contributed by atoms with van der Waals surface area (Å²) in [7, 11) is 3.13. The van der Waals surface area contributed by atoms with Crippen LogP contribution in [0.5, 0.6) is 0 Å². The number of methoxy groups -OCH3 is 1. The van der Waals surface area contributed by atoms with Crippen LogP contribution in [0, 0.1) is 10.5 Å². The molecule has 0 aliphatic carbocycles. The van der Waals surface area contributed by atoms with Crippen LogP contribution in [-0.4, -0.2) is 55.6 Å². The van der Waals surface area contributed by atoms with Crippen LogP contribution >= 0.6 is 65.6 Å². The van der Waals surface area contributed by atoms with Gasteiger partial charge >= 0.3 is 200 Å². The molecule has 2 aromatic carbocycles. The minimum absolute atomic E-state index is 0.00327. The first kappa shape index (κ1) is 29.1. The fraction of sp³-hybridized carbons (Fsp3) is 0.423. The Morgan fingerprint density at radius 3 is 2.56 bits per heavy atom. The molecule has 0 N–H and O–H groups in total. The Bertz CT molecular complexity index is 1380.